The molecule has 0 amide bonds. The number of allylic oxidation sites excluding steroid dienone is 4. The van der Waals surface area contributed by atoms with Crippen molar-refractivity contribution in [1.29, 1.82) is 0 Å². The Bertz CT molecular complexity index is 1680. The summed E-state index contributed by atoms with van der Waals surface area (Å²) in [4.78, 5) is 0. The normalized spacial score (nSPS) is 26.8. The van der Waals surface area contributed by atoms with Gasteiger partial charge in [-0.1, -0.05) is 59.6 Å². The second-order valence-corrected chi connectivity index (χ2v) is 16.8. The second kappa shape index (κ2) is 14.8. The Balaban J connectivity index is 0.000000159. The Morgan fingerprint density at radius 3 is 1.61 bits per heavy atom. The van der Waals surface area contributed by atoms with Gasteiger partial charge in [-0.2, -0.15) is 11.6 Å². The summed E-state index contributed by atoms with van der Waals surface area (Å²) in [7, 11) is 0. The van der Waals surface area contributed by atoms with E-state index in [1.165, 1.54) is 108 Å². The molecule has 0 radical (unpaired) electrons. The van der Waals surface area contributed by atoms with Gasteiger partial charge in [0.25, 0.3) is 0 Å². The predicted octanol–water partition coefficient (Wildman–Crippen LogP) is 5.42. The molecule has 5 aliphatic rings. The molecule has 4 aromatic carbocycles. The summed E-state index contributed by atoms with van der Waals surface area (Å²) in [6.07, 6.45) is 15.9. The van der Waals surface area contributed by atoms with Crippen molar-refractivity contribution in [3.8, 4) is 0 Å². The van der Waals surface area contributed by atoms with Crippen molar-refractivity contribution in [2.45, 2.75) is 87.5 Å². The molecule has 4 fully saturated rings. The fourth-order valence-electron chi connectivity index (χ4n) is 8.91. The van der Waals surface area contributed by atoms with Crippen LogP contribution in [0.4, 0.5) is 0 Å². The third-order valence-electron chi connectivity index (χ3n) is 11.8. The van der Waals surface area contributed by atoms with E-state index in [1.807, 2.05) is 0 Å². The summed E-state index contributed by atoms with van der Waals surface area (Å²) in [5.74, 6) is 4.68. The zero-order chi connectivity index (χ0) is 31.3. The van der Waals surface area contributed by atoms with Gasteiger partial charge in [-0.15, -0.1) is 39.7 Å². The molecule has 0 N–H and O–H groups in total. The van der Waals surface area contributed by atoms with Crippen LogP contribution in [0.2, 0.25) is 0 Å². The number of rotatable bonds is 2. The maximum Gasteiger partial charge on any atom is -0.0408 e. The van der Waals surface area contributed by atoms with E-state index in [1.54, 1.807) is 12.0 Å². The average Bonchev–Trinajstić information content (AvgIpc) is 3.56. The fourth-order valence-corrected chi connectivity index (χ4v) is 9.32. The molecular weight excluding hydrogens is 679 g/mol. The van der Waals surface area contributed by atoms with E-state index >= 15 is 0 Å². The first-order valence-corrected chi connectivity index (χ1v) is 18.2. The van der Waals surface area contributed by atoms with Crippen molar-refractivity contribution in [3.63, 3.8) is 0 Å². The Kier molecular flexibility index (Phi) is 12.0. The van der Waals surface area contributed by atoms with Crippen molar-refractivity contribution < 1.29 is 49.0 Å². The maximum absolute atomic E-state index is 3.49. The van der Waals surface area contributed by atoms with Gasteiger partial charge in [0.05, 0.1) is 0 Å². The molecule has 0 nitrogen and oxygen atoms in total. The Morgan fingerprint density at radius 2 is 1.20 bits per heavy atom. The van der Waals surface area contributed by atoms with Crippen LogP contribution in [0.3, 0.4) is 0 Å². The van der Waals surface area contributed by atoms with Crippen LogP contribution in [0, 0.1) is 75.7 Å². The fraction of sp³-hybridized carbons (Fsp3) is 0.442. The van der Waals surface area contributed by atoms with E-state index in [-0.39, 0.29) is 24.8 Å². The molecular formula is C43H50Cl2Zr-2. The molecule has 4 bridgehead atoms. The minimum absolute atomic E-state index is 0. The quantitative estimate of drug-likeness (QED) is 0.242. The van der Waals surface area contributed by atoms with Crippen LogP contribution in [0.25, 0.3) is 21.5 Å². The molecule has 0 aliphatic heterocycles. The molecule has 0 aromatic heterocycles. The Hall–Kier alpha value is -1.66. The summed E-state index contributed by atoms with van der Waals surface area (Å²) in [6.45, 7) is 17.9. The van der Waals surface area contributed by atoms with Gasteiger partial charge in [-0.3, -0.25) is 6.08 Å². The van der Waals surface area contributed by atoms with Gasteiger partial charge in [0.1, 0.15) is 0 Å². The molecule has 242 valence electrons. The minimum Gasteiger partial charge on any atom is -1.00 e. The molecule has 5 aliphatic carbocycles. The van der Waals surface area contributed by atoms with Gasteiger partial charge in [0.2, 0.25) is 0 Å². The van der Waals surface area contributed by atoms with Crippen molar-refractivity contribution in [2.24, 2.45) is 35.0 Å². The largest absolute Gasteiger partial charge is 1.00 e. The van der Waals surface area contributed by atoms with Gasteiger partial charge in [0, 0.05) is 0 Å². The van der Waals surface area contributed by atoms with Crippen LogP contribution in [0.1, 0.15) is 86.3 Å². The van der Waals surface area contributed by atoms with E-state index in [0.29, 0.717) is 11.3 Å². The first-order chi connectivity index (χ1) is 20.9. The number of halogens is 2. The van der Waals surface area contributed by atoms with E-state index in [4.69, 9.17) is 0 Å². The molecule has 9 rings (SSSR count). The number of hydrogen-bond acceptors (Lipinski definition) is 0. The van der Waals surface area contributed by atoms with E-state index in [9.17, 15) is 0 Å². The van der Waals surface area contributed by atoms with Crippen LogP contribution >= 0.6 is 0 Å². The summed E-state index contributed by atoms with van der Waals surface area (Å²) in [6, 6.07) is 20.2. The Labute approximate surface area is 306 Å². The summed E-state index contributed by atoms with van der Waals surface area (Å²) in [5, 5.41) is 5.53. The van der Waals surface area contributed by atoms with Gasteiger partial charge in [-0.25, -0.2) is 6.08 Å². The monoisotopic (exact) mass is 726 g/mol. The first-order valence-electron chi connectivity index (χ1n) is 16.9. The Morgan fingerprint density at radius 1 is 0.739 bits per heavy atom. The molecule has 0 spiro atoms. The molecule has 1 unspecified atom stereocenters. The molecule has 3 heteroatoms. The number of aryl methyl sites for hydroxylation is 5. The van der Waals surface area contributed by atoms with E-state index in [2.05, 4.69) is 128 Å². The molecule has 0 heterocycles. The SMILES string of the molecule is CC1[C-]=CC(C2(C)C3CC4CC(C3)CC2C4)=C1.C[C](=[Zr+2])c1ccc(C)cc1.Cc1cc2[cH-]c3cc(C)c(C)cc3c2cc1C.[Cl-].[Cl-]. The zero-order valence-corrected chi connectivity index (χ0v) is 33.0. The van der Waals surface area contributed by atoms with Gasteiger partial charge in [0.15, 0.2) is 0 Å². The summed E-state index contributed by atoms with van der Waals surface area (Å²) >= 11 is 1.51. The second-order valence-electron chi connectivity index (χ2n) is 15.0. The summed E-state index contributed by atoms with van der Waals surface area (Å²) in [5.41, 5.74) is 10.4. The third kappa shape index (κ3) is 7.33. The van der Waals surface area contributed by atoms with Crippen LogP contribution in [-0.2, 0) is 24.2 Å². The first kappa shape index (κ1) is 37.2. The van der Waals surface area contributed by atoms with Crippen molar-refractivity contribution in [3.05, 3.63) is 112 Å². The van der Waals surface area contributed by atoms with E-state index in [0.717, 1.165) is 23.7 Å². The molecule has 4 aromatic rings. The smallest absolute Gasteiger partial charge is 0.0408 e. The van der Waals surface area contributed by atoms with E-state index < -0.39 is 0 Å². The van der Waals surface area contributed by atoms with Crippen LogP contribution in [0.15, 0.2) is 72.3 Å². The topological polar surface area (TPSA) is 0 Å². The van der Waals surface area contributed by atoms with Gasteiger partial charge in [-0.05, 0) is 83.5 Å². The molecule has 1 atom stereocenters. The molecule has 46 heavy (non-hydrogen) atoms. The number of fused-ring (bicyclic) bond motifs is 3. The minimum atomic E-state index is 0. The molecule has 4 saturated carbocycles. The number of hydrogen-bond donors (Lipinski definition) is 0. The van der Waals surface area contributed by atoms with Gasteiger partial charge < -0.3 is 24.8 Å². The maximum atomic E-state index is 3.49. The average molecular weight is 729 g/mol. The zero-order valence-electron chi connectivity index (χ0n) is 29.0. The van der Waals surface area contributed by atoms with Crippen LogP contribution in [0.5, 0.6) is 0 Å². The van der Waals surface area contributed by atoms with Crippen molar-refractivity contribution in [2.75, 3.05) is 0 Å². The molecule has 0 saturated heterocycles. The van der Waals surface area contributed by atoms with Gasteiger partial charge >= 0.3 is 76.7 Å². The standard InChI is InChI=1S/C17H23.C17H17.C9H10.2ClH.Zr/c1-11-3-4-14(5-11)17(2)15-7-12-6-13(9-15)10-16(17)8-12;1-10-5-14-9-15-6-11(2)13(4)8-17(15)16(14)7-12(10)3;1-3-9-6-4-8(2)5-7-9;;;/h4-5,11-13,15-16H,6-10H2,1-2H3;5-9H,1-4H3;4-7H,1-2H3;2*1H;/q2*-1;;;;+2/p-2. The number of benzene rings is 3. The summed E-state index contributed by atoms with van der Waals surface area (Å²) < 4.78 is 1.46. The predicted molar refractivity (Wildman–Crippen MR) is 187 cm³/mol. The third-order valence-corrected chi connectivity index (χ3v) is 12.5. The van der Waals surface area contributed by atoms with Crippen molar-refractivity contribution in [1.82, 2.24) is 0 Å². The van der Waals surface area contributed by atoms with Crippen molar-refractivity contribution >= 4 is 24.8 Å². The van der Waals surface area contributed by atoms with Crippen LogP contribution in [-0.4, -0.2) is 3.21 Å². The van der Waals surface area contributed by atoms with Crippen LogP contribution < -0.4 is 24.8 Å².